The third-order valence-electron chi connectivity index (χ3n) is 2.05. The molecule has 1 aromatic heterocycles. The van der Waals surface area contributed by atoms with Gasteiger partial charge in [0.1, 0.15) is 12.4 Å². The van der Waals surface area contributed by atoms with Gasteiger partial charge in [-0.2, -0.15) is 0 Å². The molecule has 2 rings (SSSR count). The number of carbonyl (C=O) groups is 1. The lowest BCUT2D eigenvalue weighted by atomic mass is 10.2. The zero-order valence-electron chi connectivity index (χ0n) is 8.41. The van der Waals surface area contributed by atoms with Gasteiger partial charge in [0.25, 0.3) is 0 Å². The van der Waals surface area contributed by atoms with Crippen molar-refractivity contribution in [2.45, 2.75) is 6.54 Å². The molecule has 0 aliphatic carbocycles. The highest BCUT2D eigenvalue weighted by molar-refractivity contribution is 5.85. The van der Waals surface area contributed by atoms with Crippen LogP contribution in [0.15, 0.2) is 42.7 Å². The molecule has 0 bridgehead atoms. The van der Waals surface area contributed by atoms with Gasteiger partial charge in [0.15, 0.2) is 0 Å². The van der Waals surface area contributed by atoms with Crippen molar-refractivity contribution in [1.29, 1.82) is 0 Å². The number of hydrogen-bond acceptors (Lipinski definition) is 2. The number of imidazole rings is 1. The lowest BCUT2D eigenvalue weighted by Crippen LogP contribution is -2.08. The van der Waals surface area contributed by atoms with E-state index in [4.69, 9.17) is 5.11 Å². The zero-order chi connectivity index (χ0) is 10.7. The summed E-state index contributed by atoms with van der Waals surface area (Å²) in [5, 5.41) is 8.71. The second-order valence-electron chi connectivity index (χ2n) is 3.14. The summed E-state index contributed by atoms with van der Waals surface area (Å²) >= 11 is 0. The number of carboxylic acid groups (broad SMARTS) is 1. The van der Waals surface area contributed by atoms with Crippen molar-refractivity contribution in [1.82, 2.24) is 9.55 Å². The smallest absolute Gasteiger partial charge is 0.323 e. The molecule has 16 heavy (non-hydrogen) atoms. The van der Waals surface area contributed by atoms with Crippen molar-refractivity contribution >= 4 is 18.4 Å². The molecule has 1 aromatic carbocycles. The Bertz CT molecular complexity index is 468. The Morgan fingerprint density at radius 1 is 1.31 bits per heavy atom. The molecule has 1 heterocycles. The first-order chi connectivity index (χ1) is 7.27. The molecule has 4 nitrogen and oxygen atoms in total. The van der Waals surface area contributed by atoms with Crippen molar-refractivity contribution in [3.05, 3.63) is 42.7 Å². The van der Waals surface area contributed by atoms with Crippen LogP contribution in [-0.4, -0.2) is 20.6 Å². The Hall–Kier alpha value is -1.81. The van der Waals surface area contributed by atoms with Crippen LogP contribution in [0.4, 0.5) is 0 Å². The number of nitrogens with zero attached hydrogens (tertiary/aromatic N) is 2. The minimum absolute atomic E-state index is 0. The summed E-state index contributed by atoms with van der Waals surface area (Å²) in [6.07, 6.45) is 3.27. The highest BCUT2D eigenvalue weighted by Crippen LogP contribution is 2.16. The summed E-state index contributed by atoms with van der Waals surface area (Å²) in [5.41, 5.74) is 0.920. The van der Waals surface area contributed by atoms with Crippen molar-refractivity contribution < 1.29 is 9.90 Å². The van der Waals surface area contributed by atoms with Crippen LogP contribution < -0.4 is 0 Å². The third-order valence-corrected chi connectivity index (χ3v) is 2.05. The van der Waals surface area contributed by atoms with E-state index in [1.807, 2.05) is 30.3 Å². The molecule has 0 aliphatic heterocycles. The topological polar surface area (TPSA) is 55.1 Å². The van der Waals surface area contributed by atoms with Gasteiger partial charge in [-0.25, -0.2) is 4.98 Å². The average Bonchev–Trinajstić information content (AvgIpc) is 2.66. The number of aromatic nitrogens is 2. The fourth-order valence-corrected chi connectivity index (χ4v) is 1.43. The number of benzene rings is 1. The van der Waals surface area contributed by atoms with Gasteiger partial charge in [-0.1, -0.05) is 30.3 Å². The van der Waals surface area contributed by atoms with Gasteiger partial charge in [-0.05, 0) is 0 Å². The van der Waals surface area contributed by atoms with E-state index in [1.54, 1.807) is 17.0 Å². The molecule has 0 radical (unpaired) electrons. The molecule has 0 saturated carbocycles. The molecule has 0 unspecified atom stereocenters. The first kappa shape index (κ1) is 12.3. The quantitative estimate of drug-likeness (QED) is 0.891. The Morgan fingerprint density at radius 3 is 2.62 bits per heavy atom. The maximum Gasteiger partial charge on any atom is 0.323 e. The first-order valence-corrected chi connectivity index (χ1v) is 4.56. The third kappa shape index (κ3) is 2.61. The second-order valence-corrected chi connectivity index (χ2v) is 3.14. The molecule has 0 atom stereocenters. The molecule has 0 spiro atoms. The summed E-state index contributed by atoms with van der Waals surface area (Å²) in [6.45, 7) is -0.0653. The van der Waals surface area contributed by atoms with Gasteiger partial charge in [0.05, 0.1) is 0 Å². The van der Waals surface area contributed by atoms with Gasteiger partial charge >= 0.3 is 5.97 Å². The maximum atomic E-state index is 10.6. The fraction of sp³-hybridized carbons (Fsp3) is 0.0909. The molecule has 0 amide bonds. The van der Waals surface area contributed by atoms with E-state index in [2.05, 4.69) is 4.98 Å². The normalized spacial score (nSPS) is 9.50. The Labute approximate surface area is 99.0 Å². The molecule has 2 aromatic rings. The van der Waals surface area contributed by atoms with Gasteiger partial charge in [0.2, 0.25) is 0 Å². The van der Waals surface area contributed by atoms with E-state index in [9.17, 15) is 4.79 Å². The van der Waals surface area contributed by atoms with Crippen molar-refractivity contribution in [3.8, 4) is 11.4 Å². The van der Waals surface area contributed by atoms with Gasteiger partial charge in [0, 0.05) is 18.0 Å². The van der Waals surface area contributed by atoms with Crippen LogP contribution in [0, 0.1) is 0 Å². The van der Waals surface area contributed by atoms with Crippen LogP contribution >= 0.6 is 12.4 Å². The number of halogens is 1. The van der Waals surface area contributed by atoms with E-state index in [0.29, 0.717) is 5.82 Å². The molecule has 84 valence electrons. The van der Waals surface area contributed by atoms with Crippen LogP contribution in [0.1, 0.15) is 0 Å². The van der Waals surface area contributed by atoms with Crippen LogP contribution in [0.2, 0.25) is 0 Å². The molecular weight excluding hydrogens is 228 g/mol. The van der Waals surface area contributed by atoms with Crippen molar-refractivity contribution in [2.75, 3.05) is 0 Å². The van der Waals surface area contributed by atoms with E-state index < -0.39 is 5.97 Å². The highest BCUT2D eigenvalue weighted by Gasteiger charge is 2.07. The van der Waals surface area contributed by atoms with Crippen LogP contribution in [0.3, 0.4) is 0 Å². The Kier molecular flexibility index (Phi) is 4.08. The molecule has 0 aliphatic rings. The Balaban J connectivity index is 0.00000128. The standard InChI is InChI=1S/C11H10N2O2.ClH/c14-10(15)8-13-7-6-12-11(13)9-4-2-1-3-5-9;/h1-7H,8H2,(H,14,15);1H. The largest absolute Gasteiger partial charge is 0.480 e. The SMILES string of the molecule is Cl.O=C(O)Cn1ccnc1-c1ccccc1. The predicted octanol–water partition coefficient (Wildman–Crippen LogP) is 2.06. The molecule has 0 fully saturated rings. The maximum absolute atomic E-state index is 10.6. The summed E-state index contributed by atoms with van der Waals surface area (Å²) < 4.78 is 1.61. The molecule has 0 saturated heterocycles. The monoisotopic (exact) mass is 238 g/mol. The van der Waals surface area contributed by atoms with Gasteiger partial charge in [-0.3, -0.25) is 4.79 Å². The number of hydrogen-bond donors (Lipinski definition) is 1. The van der Waals surface area contributed by atoms with Crippen LogP contribution in [0.25, 0.3) is 11.4 Å². The summed E-state index contributed by atoms with van der Waals surface area (Å²) in [6, 6.07) is 9.51. The minimum Gasteiger partial charge on any atom is -0.480 e. The summed E-state index contributed by atoms with van der Waals surface area (Å²) in [7, 11) is 0. The average molecular weight is 239 g/mol. The predicted molar refractivity (Wildman–Crippen MR) is 62.5 cm³/mol. The van der Waals surface area contributed by atoms with Crippen molar-refractivity contribution in [2.24, 2.45) is 0 Å². The minimum atomic E-state index is -0.870. The van der Waals surface area contributed by atoms with Crippen LogP contribution in [0.5, 0.6) is 0 Å². The number of aliphatic carboxylic acids is 1. The van der Waals surface area contributed by atoms with Crippen molar-refractivity contribution in [3.63, 3.8) is 0 Å². The number of rotatable bonds is 3. The van der Waals surface area contributed by atoms with Gasteiger partial charge in [-0.15, -0.1) is 12.4 Å². The van der Waals surface area contributed by atoms with E-state index >= 15 is 0 Å². The highest BCUT2D eigenvalue weighted by atomic mass is 35.5. The summed E-state index contributed by atoms with van der Waals surface area (Å²) in [4.78, 5) is 14.7. The fourth-order valence-electron chi connectivity index (χ4n) is 1.43. The lowest BCUT2D eigenvalue weighted by Gasteiger charge is -2.04. The lowest BCUT2D eigenvalue weighted by molar-refractivity contribution is -0.137. The summed E-state index contributed by atoms with van der Waals surface area (Å²) in [5.74, 6) is -0.191. The Morgan fingerprint density at radius 2 is 2.00 bits per heavy atom. The zero-order valence-corrected chi connectivity index (χ0v) is 9.22. The number of carboxylic acids is 1. The van der Waals surface area contributed by atoms with E-state index in [1.165, 1.54) is 0 Å². The van der Waals surface area contributed by atoms with Crippen LogP contribution in [-0.2, 0) is 11.3 Å². The molecular formula is C11H11ClN2O2. The first-order valence-electron chi connectivity index (χ1n) is 4.56. The molecule has 5 heteroatoms. The van der Waals surface area contributed by atoms with E-state index in [-0.39, 0.29) is 19.0 Å². The van der Waals surface area contributed by atoms with E-state index in [0.717, 1.165) is 5.56 Å². The van der Waals surface area contributed by atoms with Gasteiger partial charge < -0.3 is 9.67 Å². The molecule has 1 N–H and O–H groups in total. The second kappa shape index (κ2) is 5.32.